The third kappa shape index (κ3) is 4.39. The van der Waals surface area contributed by atoms with Crippen LogP contribution in [0.3, 0.4) is 0 Å². The first-order valence-corrected chi connectivity index (χ1v) is 8.51. The first kappa shape index (κ1) is 17.5. The van der Waals surface area contributed by atoms with E-state index in [1.54, 1.807) is 6.07 Å². The number of anilines is 1. The van der Waals surface area contributed by atoms with Gasteiger partial charge in [0.25, 0.3) is 0 Å². The molecule has 0 aromatic heterocycles. The lowest BCUT2D eigenvalue weighted by Gasteiger charge is -2.13. The van der Waals surface area contributed by atoms with Gasteiger partial charge < -0.3 is 14.8 Å². The molecule has 1 aliphatic heterocycles. The van der Waals surface area contributed by atoms with Crippen LogP contribution in [-0.2, 0) is 16.7 Å². The number of fused-ring (bicyclic) bond motifs is 1. The van der Waals surface area contributed by atoms with E-state index in [0.29, 0.717) is 17.3 Å². The molecule has 8 heteroatoms. The van der Waals surface area contributed by atoms with E-state index in [-0.39, 0.29) is 18.2 Å². The van der Waals surface area contributed by atoms with Crippen LogP contribution in [0.1, 0.15) is 11.1 Å². The van der Waals surface area contributed by atoms with Crippen molar-refractivity contribution in [2.75, 3.05) is 17.9 Å². The number of hydrogen-bond acceptors (Lipinski definition) is 4. The molecule has 2 aromatic rings. The third-order valence-electron chi connectivity index (χ3n) is 3.45. The molecule has 0 unspecified atom stereocenters. The zero-order valence-corrected chi connectivity index (χ0v) is 13.7. The first-order chi connectivity index (χ1) is 11.9. The number of carbonyl (C=O) groups is 1. The van der Waals surface area contributed by atoms with Gasteiger partial charge in [-0.15, -0.1) is 11.8 Å². The number of nitrogens with one attached hydrogen (secondary N) is 1. The molecule has 2 aromatic carbocycles. The molecule has 0 saturated heterocycles. The number of carbonyl (C=O) groups excluding carboxylic acids is 1. The van der Waals surface area contributed by atoms with Crippen molar-refractivity contribution in [2.45, 2.75) is 11.9 Å². The van der Waals surface area contributed by atoms with Gasteiger partial charge in [0.1, 0.15) is 0 Å². The van der Waals surface area contributed by atoms with Crippen LogP contribution in [0, 0.1) is 0 Å². The molecule has 0 atom stereocenters. The summed E-state index contributed by atoms with van der Waals surface area (Å²) in [4.78, 5) is 11.9. The first-order valence-electron chi connectivity index (χ1n) is 7.36. The Labute approximate surface area is 146 Å². The van der Waals surface area contributed by atoms with Gasteiger partial charge in [-0.3, -0.25) is 4.79 Å². The number of benzene rings is 2. The Kier molecular flexibility index (Phi) is 5.08. The number of halogens is 3. The summed E-state index contributed by atoms with van der Waals surface area (Å²) < 4.78 is 49.2. The van der Waals surface area contributed by atoms with Crippen molar-refractivity contribution in [1.29, 1.82) is 0 Å². The van der Waals surface area contributed by atoms with E-state index in [4.69, 9.17) is 9.47 Å². The van der Waals surface area contributed by atoms with Crippen molar-refractivity contribution in [3.05, 3.63) is 53.6 Å². The van der Waals surface area contributed by atoms with E-state index >= 15 is 0 Å². The second-order valence-corrected chi connectivity index (χ2v) is 6.26. The van der Waals surface area contributed by atoms with Crippen LogP contribution in [0.5, 0.6) is 11.5 Å². The lowest BCUT2D eigenvalue weighted by Crippen LogP contribution is -2.18. The van der Waals surface area contributed by atoms with Gasteiger partial charge in [-0.25, -0.2) is 0 Å². The van der Waals surface area contributed by atoms with Crippen LogP contribution in [0.2, 0.25) is 0 Å². The van der Waals surface area contributed by atoms with Gasteiger partial charge in [0.05, 0.1) is 17.0 Å². The lowest BCUT2D eigenvalue weighted by molar-refractivity contribution is -0.137. The van der Waals surface area contributed by atoms with Crippen molar-refractivity contribution < 1.29 is 27.4 Å². The predicted molar refractivity (Wildman–Crippen MR) is 88.8 cm³/mol. The van der Waals surface area contributed by atoms with Gasteiger partial charge >= 0.3 is 6.18 Å². The van der Waals surface area contributed by atoms with Crippen molar-refractivity contribution in [2.24, 2.45) is 0 Å². The molecule has 3 rings (SSSR count). The number of amides is 1. The average molecular weight is 369 g/mol. The SMILES string of the molecule is O=C(CSCc1ccc2c(c1)OCO2)Nc1ccccc1C(F)(F)F. The number of hydrogen-bond donors (Lipinski definition) is 1. The molecule has 1 N–H and O–H groups in total. The number of para-hydroxylation sites is 1. The van der Waals surface area contributed by atoms with Crippen LogP contribution in [0.25, 0.3) is 0 Å². The molecular weight excluding hydrogens is 355 g/mol. The summed E-state index contributed by atoms with van der Waals surface area (Å²) in [5, 5.41) is 2.32. The van der Waals surface area contributed by atoms with Crippen molar-refractivity contribution in [3.8, 4) is 11.5 Å². The van der Waals surface area contributed by atoms with E-state index < -0.39 is 17.6 Å². The normalized spacial score (nSPS) is 12.9. The van der Waals surface area contributed by atoms with Crippen molar-refractivity contribution >= 4 is 23.4 Å². The minimum Gasteiger partial charge on any atom is -0.454 e. The second-order valence-electron chi connectivity index (χ2n) is 5.27. The predicted octanol–water partition coefficient (Wildman–Crippen LogP) is 4.31. The van der Waals surface area contributed by atoms with E-state index in [9.17, 15) is 18.0 Å². The summed E-state index contributed by atoms with van der Waals surface area (Å²) in [5.74, 6) is 1.42. The Morgan fingerprint density at radius 1 is 1.12 bits per heavy atom. The number of thioether (sulfide) groups is 1. The molecule has 0 spiro atoms. The molecule has 1 aliphatic rings. The maximum absolute atomic E-state index is 12.9. The summed E-state index contributed by atoms with van der Waals surface area (Å²) in [7, 11) is 0. The monoisotopic (exact) mass is 369 g/mol. The molecular formula is C17H14F3NO3S. The van der Waals surface area contributed by atoms with Gasteiger partial charge in [-0.1, -0.05) is 18.2 Å². The van der Waals surface area contributed by atoms with E-state index in [0.717, 1.165) is 11.6 Å². The van der Waals surface area contributed by atoms with Crippen LogP contribution in [0.4, 0.5) is 18.9 Å². The van der Waals surface area contributed by atoms with Crippen LogP contribution in [0.15, 0.2) is 42.5 Å². The summed E-state index contributed by atoms with van der Waals surface area (Å²) in [6.45, 7) is 0.187. The molecule has 0 bridgehead atoms. The number of ether oxygens (including phenoxy) is 2. The summed E-state index contributed by atoms with van der Waals surface area (Å²) in [6, 6.07) is 10.4. The van der Waals surface area contributed by atoms with Gasteiger partial charge in [-0.05, 0) is 29.8 Å². The highest BCUT2D eigenvalue weighted by atomic mass is 32.2. The minimum atomic E-state index is -4.51. The fourth-order valence-corrected chi connectivity index (χ4v) is 3.09. The van der Waals surface area contributed by atoms with Gasteiger partial charge in [0.15, 0.2) is 11.5 Å². The lowest BCUT2D eigenvalue weighted by atomic mass is 10.1. The molecule has 4 nitrogen and oxygen atoms in total. The van der Waals surface area contributed by atoms with E-state index in [1.807, 2.05) is 12.1 Å². The zero-order chi connectivity index (χ0) is 17.9. The molecule has 0 fully saturated rings. The molecule has 0 aliphatic carbocycles. The maximum Gasteiger partial charge on any atom is 0.418 e. The van der Waals surface area contributed by atoms with E-state index in [2.05, 4.69) is 5.32 Å². The molecule has 0 radical (unpaired) electrons. The zero-order valence-electron chi connectivity index (χ0n) is 12.9. The fraction of sp³-hybridized carbons (Fsp3) is 0.235. The average Bonchev–Trinajstić information content (AvgIpc) is 3.02. The Bertz CT molecular complexity index is 780. The molecule has 0 saturated carbocycles. The minimum absolute atomic E-state index is 0.0423. The van der Waals surface area contributed by atoms with Crippen LogP contribution < -0.4 is 14.8 Å². The molecule has 132 valence electrons. The summed E-state index contributed by atoms with van der Waals surface area (Å²) >= 11 is 1.30. The summed E-state index contributed by atoms with van der Waals surface area (Å²) in [6.07, 6.45) is -4.51. The van der Waals surface area contributed by atoms with Crippen molar-refractivity contribution in [3.63, 3.8) is 0 Å². The number of alkyl halides is 3. The number of rotatable bonds is 5. The highest BCUT2D eigenvalue weighted by Gasteiger charge is 2.33. The van der Waals surface area contributed by atoms with Gasteiger partial charge in [0.2, 0.25) is 12.7 Å². The highest BCUT2D eigenvalue weighted by Crippen LogP contribution is 2.35. The Balaban J connectivity index is 1.54. The molecule has 1 amide bonds. The molecule has 25 heavy (non-hydrogen) atoms. The Morgan fingerprint density at radius 2 is 1.88 bits per heavy atom. The standard InChI is InChI=1S/C17H14F3NO3S/c18-17(19,20)12-3-1-2-4-13(12)21-16(22)9-25-8-11-5-6-14-15(7-11)24-10-23-14/h1-7H,8-10H2,(H,21,22). The topological polar surface area (TPSA) is 47.6 Å². The quantitative estimate of drug-likeness (QED) is 0.853. The van der Waals surface area contributed by atoms with Crippen molar-refractivity contribution in [1.82, 2.24) is 0 Å². The maximum atomic E-state index is 12.9. The van der Waals surface area contributed by atoms with Gasteiger partial charge in [-0.2, -0.15) is 13.2 Å². The molecule has 1 heterocycles. The summed E-state index contributed by atoms with van der Waals surface area (Å²) in [5.41, 5.74) is -0.148. The van der Waals surface area contributed by atoms with E-state index in [1.165, 1.54) is 30.0 Å². The van der Waals surface area contributed by atoms with Crippen LogP contribution >= 0.6 is 11.8 Å². The highest BCUT2D eigenvalue weighted by molar-refractivity contribution is 7.99. The Hall–Kier alpha value is -2.35. The fourth-order valence-electron chi connectivity index (χ4n) is 2.32. The van der Waals surface area contributed by atoms with Crippen LogP contribution in [-0.4, -0.2) is 18.5 Å². The second kappa shape index (κ2) is 7.26. The largest absolute Gasteiger partial charge is 0.454 e. The smallest absolute Gasteiger partial charge is 0.418 e. The third-order valence-corrected chi connectivity index (χ3v) is 4.45. The Morgan fingerprint density at radius 3 is 2.68 bits per heavy atom. The van der Waals surface area contributed by atoms with Gasteiger partial charge in [0, 0.05) is 5.75 Å².